The zero-order valence-electron chi connectivity index (χ0n) is 15.0. The van der Waals surface area contributed by atoms with Gasteiger partial charge in [-0.15, -0.1) is 0 Å². The second-order valence-electron chi connectivity index (χ2n) is 7.47. The molecule has 2 saturated heterocycles. The minimum atomic E-state index is -3.61. The third-order valence-electron chi connectivity index (χ3n) is 5.94. The molecule has 3 aliphatic rings. The molecule has 27 heavy (non-hydrogen) atoms. The van der Waals surface area contributed by atoms with Crippen molar-refractivity contribution in [3.63, 3.8) is 0 Å². The summed E-state index contributed by atoms with van der Waals surface area (Å²) in [5, 5.41) is 0. The average molecular weight is 402 g/mol. The van der Waals surface area contributed by atoms with Gasteiger partial charge in [0.25, 0.3) is 0 Å². The molecule has 2 aliphatic heterocycles. The van der Waals surface area contributed by atoms with Crippen LogP contribution in [0.1, 0.15) is 12.8 Å². The molecular weight excluding hydrogens is 378 g/mol. The van der Waals surface area contributed by atoms with Gasteiger partial charge in [-0.05, 0) is 48.9 Å². The Morgan fingerprint density at radius 3 is 2.19 bits per heavy atom. The third kappa shape index (κ3) is 3.96. The van der Waals surface area contributed by atoms with E-state index in [2.05, 4.69) is 9.64 Å². The standard InChI is InChI=1S/C18H24F2N2O4S/c19-18(20)26-16-1-3-17(4-2-16)27(23,24)22-11-13-9-15(10-14(13)12-22)21-5-7-25-8-6-21/h1-4,13-15,18H,5-12H2. The largest absolute Gasteiger partial charge is 0.435 e. The van der Waals surface area contributed by atoms with Crippen LogP contribution in [0.2, 0.25) is 0 Å². The molecule has 1 saturated carbocycles. The Kier molecular flexibility index (Phi) is 5.37. The highest BCUT2D eigenvalue weighted by Gasteiger charge is 2.46. The van der Waals surface area contributed by atoms with Gasteiger partial charge in [0.2, 0.25) is 10.0 Å². The Hall–Kier alpha value is -1.29. The highest BCUT2D eigenvalue weighted by atomic mass is 32.2. The van der Waals surface area contributed by atoms with E-state index in [4.69, 9.17) is 4.74 Å². The first-order valence-electron chi connectivity index (χ1n) is 9.30. The fraction of sp³-hybridized carbons (Fsp3) is 0.667. The first kappa shape index (κ1) is 19.0. The summed E-state index contributed by atoms with van der Waals surface area (Å²) >= 11 is 0. The minimum absolute atomic E-state index is 0.0457. The van der Waals surface area contributed by atoms with Gasteiger partial charge < -0.3 is 9.47 Å². The number of sulfonamides is 1. The number of rotatable bonds is 5. The van der Waals surface area contributed by atoms with Gasteiger partial charge in [0.05, 0.1) is 18.1 Å². The maximum atomic E-state index is 12.9. The quantitative estimate of drug-likeness (QED) is 0.754. The molecule has 2 heterocycles. The lowest BCUT2D eigenvalue weighted by atomic mass is 10.0. The molecular formula is C18H24F2N2O4S. The summed E-state index contributed by atoms with van der Waals surface area (Å²) in [5.41, 5.74) is 0. The van der Waals surface area contributed by atoms with Gasteiger partial charge in [0, 0.05) is 32.2 Å². The van der Waals surface area contributed by atoms with Crippen LogP contribution in [0.3, 0.4) is 0 Å². The number of fused-ring (bicyclic) bond motifs is 1. The maximum absolute atomic E-state index is 12.9. The number of alkyl halides is 2. The van der Waals surface area contributed by atoms with E-state index in [9.17, 15) is 17.2 Å². The van der Waals surface area contributed by atoms with E-state index in [-0.39, 0.29) is 10.6 Å². The van der Waals surface area contributed by atoms with Crippen molar-refractivity contribution in [1.82, 2.24) is 9.21 Å². The van der Waals surface area contributed by atoms with Gasteiger partial charge in [-0.2, -0.15) is 13.1 Å². The fourth-order valence-electron chi connectivity index (χ4n) is 4.60. The van der Waals surface area contributed by atoms with Crippen LogP contribution in [0.15, 0.2) is 29.2 Å². The summed E-state index contributed by atoms with van der Waals surface area (Å²) in [6.45, 7) is 1.60. The first-order chi connectivity index (χ1) is 12.9. The molecule has 0 amide bonds. The molecule has 3 fully saturated rings. The molecule has 4 rings (SSSR count). The molecule has 0 radical (unpaired) electrons. The van der Waals surface area contributed by atoms with E-state index >= 15 is 0 Å². The zero-order chi connectivity index (χ0) is 19.0. The molecule has 2 atom stereocenters. The predicted octanol–water partition coefficient (Wildman–Crippen LogP) is 2.02. The van der Waals surface area contributed by atoms with Crippen LogP contribution in [0, 0.1) is 11.8 Å². The molecule has 9 heteroatoms. The van der Waals surface area contributed by atoms with Gasteiger partial charge in [-0.1, -0.05) is 0 Å². The number of ether oxygens (including phenoxy) is 2. The van der Waals surface area contributed by atoms with Crippen molar-refractivity contribution in [3.8, 4) is 5.75 Å². The van der Waals surface area contributed by atoms with E-state index < -0.39 is 16.6 Å². The summed E-state index contributed by atoms with van der Waals surface area (Å²) in [7, 11) is -3.61. The molecule has 0 bridgehead atoms. The lowest BCUT2D eigenvalue weighted by Crippen LogP contribution is -2.43. The van der Waals surface area contributed by atoms with Crippen molar-refractivity contribution < 1.29 is 26.7 Å². The summed E-state index contributed by atoms with van der Waals surface area (Å²) in [5.74, 6) is 0.721. The smallest absolute Gasteiger partial charge is 0.387 e. The Morgan fingerprint density at radius 2 is 1.63 bits per heavy atom. The molecule has 1 aliphatic carbocycles. The van der Waals surface area contributed by atoms with Crippen molar-refractivity contribution in [3.05, 3.63) is 24.3 Å². The Balaban J connectivity index is 1.39. The van der Waals surface area contributed by atoms with Gasteiger partial charge >= 0.3 is 6.61 Å². The second-order valence-corrected chi connectivity index (χ2v) is 9.40. The van der Waals surface area contributed by atoms with E-state index in [1.165, 1.54) is 24.3 Å². The predicted molar refractivity (Wildman–Crippen MR) is 94.2 cm³/mol. The van der Waals surface area contributed by atoms with Gasteiger partial charge in [-0.3, -0.25) is 4.90 Å². The Morgan fingerprint density at radius 1 is 1.04 bits per heavy atom. The number of morpholine rings is 1. The highest BCUT2D eigenvalue weighted by Crippen LogP contribution is 2.42. The number of hydrogen-bond donors (Lipinski definition) is 0. The lowest BCUT2D eigenvalue weighted by molar-refractivity contribution is -0.0498. The van der Waals surface area contributed by atoms with E-state index in [1.54, 1.807) is 4.31 Å². The Bertz CT molecular complexity index is 739. The molecule has 1 aromatic carbocycles. The number of nitrogens with zero attached hydrogens (tertiary/aromatic N) is 2. The third-order valence-corrected chi connectivity index (χ3v) is 7.79. The van der Waals surface area contributed by atoms with Crippen LogP contribution in [-0.2, 0) is 14.8 Å². The molecule has 1 aromatic rings. The summed E-state index contributed by atoms with van der Waals surface area (Å²) < 4.78 is 61.5. The van der Waals surface area contributed by atoms with E-state index in [1.807, 2.05) is 0 Å². The summed E-state index contributed by atoms with van der Waals surface area (Å²) in [6, 6.07) is 5.73. The summed E-state index contributed by atoms with van der Waals surface area (Å²) in [4.78, 5) is 2.59. The van der Waals surface area contributed by atoms with Crippen molar-refractivity contribution in [1.29, 1.82) is 0 Å². The summed E-state index contributed by atoms with van der Waals surface area (Å²) in [6.07, 6.45) is 2.05. The second kappa shape index (κ2) is 7.62. The van der Waals surface area contributed by atoms with E-state index in [0.717, 1.165) is 39.1 Å². The van der Waals surface area contributed by atoms with Gasteiger partial charge in [0.15, 0.2) is 0 Å². The van der Waals surface area contributed by atoms with Crippen LogP contribution in [0.25, 0.3) is 0 Å². The Labute approximate surface area is 158 Å². The topological polar surface area (TPSA) is 59.1 Å². The molecule has 0 N–H and O–H groups in total. The fourth-order valence-corrected chi connectivity index (χ4v) is 6.16. The van der Waals surface area contributed by atoms with Crippen molar-refractivity contribution in [2.45, 2.75) is 30.4 Å². The molecule has 0 spiro atoms. The number of benzene rings is 1. The van der Waals surface area contributed by atoms with Crippen LogP contribution in [0.4, 0.5) is 8.78 Å². The molecule has 150 valence electrons. The van der Waals surface area contributed by atoms with Crippen molar-refractivity contribution >= 4 is 10.0 Å². The molecule has 2 unspecified atom stereocenters. The first-order valence-corrected chi connectivity index (χ1v) is 10.7. The highest BCUT2D eigenvalue weighted by molar-refractivity contribution is 7.89. The van der Waals surface area contributed by atoms with Crippen LogP contribution in [0.5, 0.6) is 5.75 Å². The molecule has 6 nitrogen and oxygen atoms in total. The zero-order valence-corrected chi connectivity index (χ0v) is 15.8. The minimum Gasteiger partial charge on any atom is -0.435 e. The number of hydrogen-bond acceptors (Lipinski definition) is 5. The normalized spacial score (nSPS) is 30.0. The molecule has 0 aromatic heterocycles. The van der Waals surface area contributed by atoms with Gasteiger partial charge in [0.1, 0.15) is 5.75 Å². The van der Waals surface area contributed by atoms with E-state index in [0.29, 0.717) is 31.0 Å². The van der Waals surface area contributed by atoms with Crippen LogP contribution >= 0.6 is 0 Å². The number of halogens is 2. The van der Waals surface area contributed by atoms with Crippen molar-refractivity contribution in [2.75, 3.05) is 39.4 Å². The van der Waals surface area contributed by atoms with Crippen LogP contribution < -0.4 is 4.74 Å². The average Bonchev–Trinajstić information content (AvgIpc) is 3.22. The van der Waals surface area contributed by atoms with Gasteiger partial charge in [-0.25, -0.2) is 8.42 Å². The van der Waals surface area contributed by atoms with Crippen molar-refractivity contribution in [2.24, 2.45) is 11.8 Å². The van der Waals surface area contributed by atoms with Crippen LogP contribution in [-0.4, -0.2) is 69.7 Å². The lowest BCUT2D eigenvalue weighted by Gasteiger charge is -2.33. The SMILES string of the molecule is O=S(=O)(c1ccc(OC(F)F)cc1)N1CC2CC(N3CCOCC3)CC2C1. The monoisotopic (exact) mass is 402 g/mol. The maximum Gasteiger partial charge on any atom is 0.387 e.